The predicted molar refractivity (Wildman–Crippen MR) is 127 cm³/mol. The van der Waals surface area contributed by atoms with E-state index in [0.717, 1.165) is 11.1 Å². The number of hydrogen-bond donors (Lipinski definition) is 1. The number of carbonyl (C=O) groups is 2. The number of carbonyl (C=O) groups excluding carboxylic acids is 2. The molecular weight excluding hydrogens is 458 g/mol. The molecule has 0 fully saturated rings. The highest BCUT2D eigenvalue weighted by atomic mass is 35.5. The Labute approximate surface area is 197 Å². The van der Waals surface area contributed by atoms with Gasteiger partial charge in [-0.05, 0) is 63.1 Å². The molecule has 2 rings (SSSR count). The number of rotatable bonds is 8. The van der Waals surface area contributed by atoms with Crippen LogP contribution in [0, 0.1) is 5.82 Å². The molecule has 0 saturated carbocycles. The molecule has 168 valence electrons. The van der Waals surface area contributed by atoms with Crippen molar-refractivity contribution < 1.29 is 14.0 Å². The van der Waals surface area contributed by atoms with Gasteiger partial charge in [-0.25, -0.2) is 4.39 Å². The summed E-state index contributed by atoms with van der Waals surface area (Å²) < 4.78 is 13.3. The summed E-state index contributed by atoms with van der Waals surface area (Å²) in [4.78, 5) is 27.3. The minimum Gasteiger partial charge on any atom is -0.350 e. The first kappa shape index (κ1) is 25.5. The third-order valence-corrected chi connectivity index (χ3v) is 5.98. The van der Waals surface area contributed by atoms with E-state index < -0.39 is 11.6 Å². The van der Waals surface area contributed by atoms with Crippen LogP contribution in [0.2, 0.25) is 10.0 Å². The molecule has 2 amide bonds. The number of hydrogen-bond acceptors (Lipinski definition) is 3. The summed E-state index contributed by atoms with van der Waals surface area (Å²) in [6.07, 6.45) is 0. The maximum atomic E-state index is 13.3. The molecular formula is C23H27Cl2FN2O2S. The number of halogens is 3. The lowest BCUT2D eigenvalue weighted by Gasteiger charge is -2.31. The fourth-order valence-corrected chi connectivity index (χ4v) is 4.28. The highest BCUT2D eigenvalue weighted by Crippen LogP contribution is 2.25. The Morgan fingerprint density at radius 3 is 2.35 bits per heavy atom. The van der Waals surface area contributed by atoms with Gasteiger partial charge in [0.1, 0.15) is 11.9 Å². The lowest BCUT2D eigenvalue weighted by Crippen LogP contribution is -2.52. The molecule has 31 heavy (non-hydrogen) atoms. The molecule has 0 radical (unpaired) electrons. The van der Waals surface area contributed by atoms with Crippen molar-refractivity contribution in [1.82, 2.24) is 10.2 Å². The van der Waals surface area contributed by atoms with Crippen LogP contribution in [-0.2, 0) is 21.9 Å². The summed E-state index contributed by atoms with van der Waals surface area (Å²) in [5, 5.41) is 4.02. The van der Waals surface area contributed by atoms with E-state index in [9.17, 15) is 14.0 Å². The second kappa shape index (κ2) is 11.2. The highest BCUT2D eigenvalue weighted by molar-refractivity contribution is 7.99. The number of nitrogens with zero attached hydrogens (tertiary/aromatic N) is 1. The van der Waals surface area contributed by atoms with Crippen LogP contribution in [0.3, 0.4) is 0 Å². The Bertz CT molecular complexity index is 917. The summed E-state index contributed by atoms with van der Waals surface area (Å²) >= 11 is 13.5. The van der Waals surface area contributed by atoms with Gasteiger partial charge in [0, 0.05) is 27.9 Å². The summed E-state index contributed by atoms with van der Waals surface area (Å²) in [7, 11) is 0. The maximum Gasteiger partial charge on any atom is 0.242 e. The molecule has 0 saturated heterocycles. The second-order valence-corrected chi connectivity index (χ2v) is 10.1. The fraction of sp³-hybridized carbons (Fsp3) is 0.391. The summed E-state index contributed by atoms with van der Waals surface area (Å²) in [6.45, 7) is 7.56. The molecule has 0 aromatic heterocycles. The summed E-state index contributed by atoms with van der Waals surface area (Å²) in [6, 6.07) is 10.5. The molecule has 0 aliphatic heterocycles. The molecule has 0 unspecified atom stereocenters. The largest absolute Gasteiger partial charge is 0.350 e. The van der Waals surface area contributed by atoms with Crippen molar-refractivity contribution in [2.24, 2.45) is 0 Å². The first-order valence-electron chi connectivity index (χ1n) is 9.84. The van der Waals surface area contributed by atoms with Crippen LogP contribution < -0.4 is 5.32 Å². The molecule has 8 heteroatoms. The lowest BCUT2D eigenvalue weighted by molar-refractivity contribution is -0.139. The molecule has 4 nitrogen and oxygen atoms in total. The zero-order valence-electron chi connectivity index (χ0n) is 18.0. The van der Waals surface area contributed by atoms with Gasteiger partial charge < -0.3 is 10.2 Å². The van der Waals surface area contributed by atoms with E-state index in [1.807, 2.05) is 26.8 Å². The highest BCUT2D eigenvalue weighted by Gasteiger charge is 2.28. The molecule has 0 aliphatic carbocycles. The second-order valence-electron chi connectivity index (χ2n) is 8.29. The quantitative estimate of drug-likeness (QED) is 0.522. The van der Waals surface area contributed by atoms with Gasteiger partial charge in [-0.15, -0.1) is 11.8 Å². The molecule has 0 bridgehead atoms. The van der Waals surface area contributed by atoms with Crippen molar-refractivity contribution in [3.05, 3.63) is 69.5 Å². The smallest absolute Gasteiger partial charge is 0.242 e. The Morgan fingerprint density at radius 1 is 1.13 bits per heavy atom. The average molecular weight is 485 g/mol. The first-order valence-corrected chi connectivity index (χ1v) is 11.7. The van der Waals surface area contributed by atoms with Crippen molar-refractivity contribution in [2.45, 2.75) is 51.6 Å². The van der Waals surface area contributed by atoms with Gasteiger partial charge in [-0.2, -0.15) is 0 Å². The van der Waals surface area contributed by atoms with E-state index in [2.05, 4.69) is 5.32 Å². The standard InChI is InChI=1S/C23H27Cl2FN2O2S/c1-15(22(30)27-23(2,3)4)28(12-16-5-9-19(26)10-6-16)21(29)14-31-13-17-7-8-18(24)11-20(17)25/h5-11,15H,12-14H2,1-4H3,(H,27,30)/t15-/m1/s1. The van der Waals surface area contributed by atoms with Gasteiger partial charge >= 0.3 is 0 Å². The van der Waals surface area contributed by atoms with Crippen molar-refractivity contribution in [1.29, 1.82) is 0 Å². The summed E-state index contributed by atoms with van der Waals surface area (Å²) in [5.74, 6) is -0.0673. The minimum atomic E-state index is -0.684. The van der Waals surface area contributed by atoms with Crippen molar-refractivity contribution in [3.8, 4) is 0 Å². The van der Waals surface area contributed by atoms with E-state index in [1.165, 1.54) is 28.8 Å². The van der Waals surface area contributed by atoms with Gasteiger partial charge in [-0.3, -0.25) is 9.59 Å². The number of nitrogens with one attached hydrogen (secondary N) is 1. The number of amides is 2. The van der Waals surface area contributed by atoms with Gasteiger partial charge in [0.15, 0.2) is 0 Å². The van der Waals surface area contributed by atoms with E-state index in [-0.39, 0.29) is 29.9 Å². The molecule has 2 aromatic carbocycles. The summed E-state index contributed by atoms with van der Waals surface area (Å²) in [5.41, 5.74) is 1.21. The third-order valence-electron chi connectivity index (χ3n) is 4.43. The monoisotopic (exact) mass is 484 g/mol. The Hall–Kier alpha value is -1.76. The maximum absolute atomic E-state index is 13.3. The van der Waals surface area contributed by atoms with E-state index in [4.69, 9.17) is 23.2 Å². The van der Waals surface area contributed by atoms with Crippen LogP contribution in [-0.4, -0.2) is 34.0 Å². The first-order chi connectivity index (χ1) is 14.5. The molecule has 0 spiro atoms. The third kappa shape index (κ3) is 8.36. The SMILES string of the molecule is C[C@H](C(=O)NC(C)(C)C)N(Cc1ccc(F)cc1)C(=O)CSCc1ccc(Cl)cc1Cl. The van der Waals surface area contributed by atoms with Gasteiger partial charge in [0.25, 0.3) is 0 Å². The van der Waals surface area contributed by atoms with E-state index in [1.54, 1.807) is 31.2 Å². The molecule has 0 heterocycles. The minimum absolute atomic E-state index is 0.174. The van der Waals surface area contributed by atoms with Crippen molar-refractivity contribution in [2.75, 3.05) is 5.75 Å². The van der Waals surface area contributed by atoms with Crippen LogP contribution in [0.4, 0.5) is 4.39 Å². The van der Waals surface area contributed by atoms with Crippen LogP contribution in [0.5, 0.6) is 0 Å². The molecule has 1 atom stereocenters. The van der Waals surface area contributed by atoms with Crippen molar-refractivity contribution >= 4 is 46.8 Å². The Balaban J connectivity index is 2.10. The van der Waals surface area contributed by atoms with Gasteiger partial charge in [0.05, 0.1) is 5.75 Å². The molecule has 1 N–H and O–H groups in total. The number of thioether (sulfide) groups is 1. The zero-order valence-corrected chi connectivity index (χ0v) is 20.4. The van der Waals surface area contributed by atoms with Crippen LogP contribution in [0.15, 0.2) is 42.5 Å². The average Bonchev–Trinajstić information content (AvgIpc) is 2.67. The Kier molecular flexibility index (Phi) is 9.22. The zero-order chi connectivity index (χ0) is 23.2. The Morgan fingerprint density at radius 2 is 1.77 bits per heavy atom. The van der Waals surface area contributed by atoms with E-state index in [0.29, 0.717) is 15.8 Å². The van der Waals surface area contributed by atoms with Gasteiger partial charge in [-0.1, -0.05) is 41.4 Å². The lowest BCUT2D eigenvalue weighted by atomic mass is 10.1. The van der Waals surface area contributed by atoms with Gasteiger partial charge in [0.2, 0.25) is 11.8 Å². The van der Waals surface area contributed by atoms with Crippen molar-refractivity contribution in [3.63, 3.8) is 0 Å². The van der Waals surface area contributed by atoms with Crippen LogP contribution in [0.25, 0.3) is 0 Å². The van der Waals surface area contributed by atoms with Crippen LogP contribution >= 0.6 is 35.0 Å². The molecule has 0 aliphatic rings. The molecule has 2 aromatic rings. The predicted octanol–water partition coefficient (Wildman–Crippen LogP) is 5.70. The topological polar surface area (TPSA) is 49.4 Å². The van der Waals surface area contributed by atoms with Crippen LogP contribution in [0.1, 0.15) is 38.8 Å². The fourth-order valence-electron chi connectivity index (χ4n) is 2.81. The van der Waals surface area contributed by atoms with E-state index >= 15 is 0 Å². The normalized spacial score (nSPS) is 12.4. The number of benzene rings is 2.